The molecular weight excluding hydrogens is 296 g/mol. The van der Waals surface area contributed by atoms with Crippen LogP contribution in [0, 0.1) is 0 Å². The van der Waals surface area contributed by atoms with Gasteiger partial charge in [0.25, 0.3) is 0 Å². The maximum Gasteiger partial charge on any atom is 0.248 e. The molecule has 0 N–H and O–H groups in total. The molecule has 0 aromatic carbocycles. The van der Waals surface area contributed by atoms with Crippen LogP contribution >= 0.6 is 0 Å². The number of carbonyl (C=O) groups is 1. The third-order valence-electron chi connectivity index (χ3n) is 4.84. The van der Waals surface area contributed by atoms with Gasteiger partial charge >= 0.3 is 0 Å². The number of likely N-dealkylation sites (N-methyl/N-ethyl adjacent to an activating group) is 1. The van der Waals surface area contributed by atoms with Gasteiger partial charge in [-0.15, -0.1) is 0 Å². The Balaban J connectivity index is 1.43. The average Bonchev–Trinajstić information content (AvgIpc) is 3.18. The predicted octanol–water partition coefficient (Wildman–Crippen LogP) is 1.51. The Kier molecular flexibility index (Phi) is 5.04. The molecular formula is C17H26N2O4. The summed E-state index contributed by atoms with van der Waals surface area (Å²) in [4.78, 5) is 15.6. The van der Waals surface area contributed by atoms with Crippen LogP contribution in [-0.2, 0) is 20.8 Å². The number of piperidine rings is 1. The number of nitrogens with zero attached hydrogens (tertiary/aromatic N) is 2. The van der Waals surface area contributed by atoms with E-state index in [0.717, 1.165) is 44.7 Å². The molecule has 6 heteroatoms. The fourth-order valence-electron chi connectivity index (χ4n) is 3.32. The lowest BCUT2D eigenvalue weighted by atomic mass is 9.88. The molecule has 23 heavy (non-hydrogen) atoms. The fourth-order valence-corrected chi connectivity index (χ4v) is 3.32. The van der Waals surface area contributed by atoms with Gasteiger partial charge in [0.2, 0.25) is 5.91 Å². The SMILES string of the molecule is CN(C)C(=O)CO[C@H]1COC2(CCN(Cc3ccco3)CC2)C1. The number of hydrogen-bond acceptors (Lipinski definition) is 5. The summed E-state index contributed by atoms with van der Waals surface area (Å²) >= 11 is 0. The van der Waals surface area contributed by atoms with Crippen molar-refractivity contribution >= 4 is 5.91 Å². The first-order valence-electron chi connectivity index (χ1n) is 8.27. The maximum absolute atomic E-state index is 11.6. The first kappa shape index (κ1) is 16.5. The van der Waals surface area contributed by atoms with E-state index in [1.54, 1.807) is 25.3 Å². The van der Waals surface area contributed by atoms with E-state index in [-0.39, 0.29) is 24.2 Å². The number of rotatable bonds is 5. The van der Waals surface area contributed by atoms with Crippen molar-refractivity contribution in [2.45, 2.75) is 37.5 Å². The second-order valence-corrected chi connectivity index (χ2v) is 6.77. The molecule has 0 aliphatic carbocycles. The first-order valence-corrected chi connectivity index (χ1v) is 8.27. The number of amides is 1. The highest BCUT2D eigenvalue weighted by molar-refractivity contribution is 5.76. The van der Waals surface area contributed by atoms with Crippen LogP contribution in [-0.4, -0.2) is 67.8 Å². The van der Waals surface area contributed by atoms with Crippen molar-refractivity contribution in [2.75, 3.05) is 40.4 Å². The maximum atomic E-state index is 11.6. The summed E-state index contributed by atoms with van der Waals surface area (Å²) in [6, 6.07) is 3.94. The van der Waals surface area contributed by atoms with Gasteiger partial charge in [0, 0.05) is 33.6 Å². The molecule has 6 nitrogen and oxygen atoms in total. The lowest BCUT2D eigenvalue weighted by Gasteiger charge is -2.38. The van der Waals surface area contributed by atoms with E-state index in [1.165, 1.54) is 0 Å². The molecule has 0 radical (unpaired) electrons. The Hall–Kier alpha value is -1.37. The zero-order chi connectivity index (χ0) is 16.3. The summed E-state index contributed by atoms with van der Waals surface area (Å²) in [6.07, 6.45) is 4.67. The van der Waals surface area contributed by atoms with E-state index in [4.69, 9.17) is 13.9 Å². The lowest BCUT2D eigenvalue weighted by Crippen LogP contribution is -2.44. The molecule has 1 spiro atoms. The lowest BCUT2D eigenvalue weighted by molar-refractivity contribution is -0.135. The summed E-state index contributed by atoms with van der Waals surface area (Å²) < 4.78 is 17.2. The van der Waals surface area contributed by atoms with Gasteiger partial charge in [-0.1, -0.05) is 0 Å². The molecule has 0 unspecified atom stereocenters. The van der Waals surface area contributed by atoms with Gasteiger partial charge in [-0.25, -0.2) is 0 Å². The fraction of sp³-hybridized carbons (Fsp3) is 0.706. The Morgan fingerprint density at radius 2 is 2.22 bits per heavy atom. The van der Waals surface area contributed by atoms with Crippen LogP contribution in [0.15, 0.2) is 22.8 Å². The summed E-state index contributed by atoms with van der Waals surface area (Å²) in [5.41, 5.74) is -0.0640. The zero-order valence-electron chi connectivity index (χ0n) is 14.0. The Bertz CT molecular complexity index is 507. The molecule has 2 aliphatic heterocycles. The van der Waals surface area contributed by atoms with Gasteiger partial charge in [-0.05, 0) is 25.0 Å². The molecule has 2 fully saturated rings. The minimum Gasteiger partial charge on any atom is -0.468 e. The van der Waals surface area contributed by atoms with Gasteiger partial charge in [-0.3, -0.25) is 9.69 Å². The van der Waals surface area contributed by atoms with Crippen molar-refractivity contribution in [1.82, 2.24) is 9.80 Å². The van der Waals surface area contributed by atoms with Crippen LogP contribution in [0.4, 0.5) is 0 Å². The predicted molar refractivity (Wildman–Crippen MR) is 85.0 cm³/mol. The van der Waals surface area contributed by atoms with Crippen LogP contribution in [0.5, 0.6) is 0 Å². The minimum absolute atomic E-state index is 0.000725. The Morgan fingerprint density at radius 3 is 2.87 bits per heavy atom. The van der Waals surface area contributed by atoms with Crippen molar-refractivity contribution in [1.29, 1.82) is 0 Å². The third-order valence-corrected chi connectivity index (χ3v) is 4.84. The highest BCUT2D eigenvalue weighted by Gasteiger charge is 2.43. The van der Waals surface area contributed by atoms with Crippen LogP contribution in [0.1, 0.15) is 25.0 Å². The van der Waals surface area contributed by atoms with Gasteiger partial charge < -0.3 is 18.8 Å². The highest BCUT2D eigenvalue weighted by Crippen LogP contribution is 2.37. The number of hydrogen-bond donors (Lipinski definition) is 0. The number of ether oxygens (including phenoxy) is 2. The first-order chi connectivity index (χ1) is 11.1. The largest absolute Gasteiger partial charge is 0.468 e. The van der Waals surface area contributed by atoms with Gasteiger partial charge in [0.05, 0.1) is 31.1 Å². The molecule has 3 heterocycles. The summed E-state index contributed by atoms with van der Waals surface area (Å²) in [7, 11) is 3.49. The number of carbonyl (C=O) groups excluding carboxylic acids is 1. The molecule has 2 saturated heterocycles. The molecule has 0 saturated carbocycles. The smallest absolute Gasteiger partial charge is 0.248 e. The summed E-state index contributed by atoms with van der Waals surface area (Å²) in [5.74, 6) is 1.01. The standard InChI is InChI=1S/C17H26N2O4/c1-18(2)16(20)13-22-15-10-17(23-12-15)5-7-19(8-6-17)11-14-4-3-9-21-14/h3-4,9,15H,5-8,10-13H2,1-2H3/t15-/m1/s1. The van der Waals surface area contributed by atoms with Crippen molar-refractivity contribution in [3.63, 3.8) is 0 Å². The van der Waals surface area contributed by atoms with E-state index in [1.807, 2.05) is 12.1 Å². The molecule has 3 rings (SSSR count). The molecule has 2 aliphatic rings. The van der Waals surface area contributed by atoms with Crippen molar-refractivity contribution in [3.8, 4) is 0 Å². The minimum atomic E-state index is -0.0640. The zero-order valence-corrected chi connectivity index (χ0v) is 14.0. The molecule has 128 valence electrons. The Morgan fingerprint density at radius 1 is 1.43 bits per heavy atom. The molecule has 0 bridgehead atoms. The van der Waals surface area contributed by atoms with E-state index < -0.39 is 0 Å². The van der Waals surface area contributed by atoms with Crippen molar-refractivity contribution in [2.24, 2.45) is 0 Å². The van der Waals surface area contributed by atoms with E-state index >= 15 is 0 Å². The average molecular weight is 322 g/mol. The highest BCUT2D eigenvalue weighted by atomic mass is 16.6. The van der Waals surface area contributed by atoms with Crippen molar-refractivity contribution in [3.05, 3.63) is 24.2 Å². The summed E-state index contributed by atoms with van der Waals surface area (Å²) in [6.45, 7) is 3.61. The van der Waals surface area contributed by atoms with E-state index in [9.17, 15) is 4.79 Å². The molecule has 1 aromatic rings. The monoisotopic (exact) mass is 322 g/mol. The number of furan rings is 1. The van der Waals surface area contributed by atoms with Crippen LogP contribution in [0.3, 0.4) is 0 Å². The normalized spacial score (nSPS) is 24.2. The molecule has 1 amide bonds. The number of likely N-dealkylation sites (tertiary alicyclic amines) is 1. The van der Waals surface area contributed by atoms with Crippen LogP contribution < -0.4 is 0 Å². The van der Waals surface area contributed by atoms with Crippen LogP contribution in [0.25, 0.3) is 0 Å². The molecule has 1 atom stereocenters. The third kappa shape index (κ3) is 4.13. The quantitative estimate of drug-likeness (QED) is 0.822. The van der Waals surface area contributed by atoms with Gasteiger partial charge in [0.15, 0.2) is 0 Å². The van der Waals surface area contributed by atoms with Crippen LogP contribution in [0.2, 0.25) is 0 Å². The molecule has 1 aromatic heterocycles. The van der Waals surface area contributed by atoms with Gasteiger partial charge in [0.1, 0.15) is 12.4 Å². The topological polar surface area (TPSA) is 55.2 Å². The van der Waals surface area contributed by atoms with E-state index in [0.29, 0.717) is 6.61 Å². The Labute approximate surface area is 137 Å². The summed E-state index contributed by atoms with van der Waals surface area (Å²) in [5, 5.41) is 0. The second kappa shape index (κ2) is 7.03. The van der Waals surface area contributed by atoms with Crippen molar-refractivity contribution < 1.29 is 18.7 Å². The van der Waals surface area contributed by atoms with Gasteiger partial charge in [-0.2, -0.15) is 0 Å². The second-order valence-electron chi connectivity index (χ2n) is 6.77. The van der Waals surface area contributed by atoms with E-state index in [2.05, 4.69) is 4.90 Å².